The molecule has 0 spiro atoms. The van der Waals surface area contributed by atoms with E-state index in [4.69, 9.17) is 9.47 Å². The fraction of sp³-hybridized carbons (Fsp3) is 1.00. The van der Waals surface area contributed by atoms with Crippen LogP contribution >= 0.6 is 0 Å². The molecule has 1 aliphatic carbocycles. The van der Waals surface area contributed by atoms with Gasteiger partial charge in [-0.15, -0.1) is 0 Å². The Morgan fingerprint density at radius 1 is 0.800 bits per heavy atom. The lowest BCUT2D eigenvalue weighted by Gasteiger charge is -2.48. The number of ether oxygens (including phenoxy) is 2. The van der Waals surface area contributed by atoms with E-state index in [0.717, 1.165) is 35.8 Å². The highest BCUT2D eigenvalue weighted by Gasteiger charge is 2.46. The fourth-order valence-corrected chi connectivity index (χ4v) is 12.9. The van der Waals surface area contributed by atoms with Crippen molar-refractivity contribution >= 4 is 8.07 Å². The summed E-state index contributed by atoms with van der Waals surface area (Å²) in [4.78, 5) is 0. The number of methoxy groups -OCH3 is 2. The van der Waals surface area contributed by atoms with Gasteiger partial charge in [0.25, 0.3) is 0 Å². The summed E-state index contributed by atoms with van der Waals surface area (Å²) in [5.41, 5.74) is 2.73. The van der Waals surface area contributed by atoms with Gasteiger partial charge in [-0.05, 0) is 25.2 Å². The maximum absolute atomic E-state index is 5.80. The van der Waals surface area contributed by atoms with Crippen LogP contribution in [0.3, 0.4) is 0 Å². The zero-order chi connectivity index (χ0) is 19.1. The maximum Gasteiger partial charge on any atom is 0.0613 e. The number of hydrogen-bond acceptors (Lipinski definition) is 2. The lowest BCUT2D eigenvalue weighted by atomic mass is 9.68. The van der Waals surface area contributed by atoms with E-state index in [0.29, 0.717) is 0 Å². The van der Waals surface area contributed by atoms with E-state index >= 15 is 0 Å². The molecule has 1 rings (SSSR count). The summed E-state index contributed by atoms with van der Waals surface area (Å²) in [6.45, 7) is 16.7. The Balaban J connectivity index is 3.09. The third-order valence-corrected chi connectivity index (χ3v) is 15.2. The lowest BCUT2D eigenvalue weighted by Crippen LogP contribution is -2.48. The summed E-state index contributed by atoms with van der Waals surface area (Å²) in [5, 5.41) is 0. The van der Waals surface area contributed by atoms with Gasteiger partial charge in [0.05, 0.1) is 21.3 Å². The van der Waals surface area contributed by atoms with Crippen LogP contribution in [-0.4, -0.2) is 35.5 Å². The molecule has 0 bridgehead atoms. The Hall–Kier alpha value is 0.137. The highest BCUT2D eigenvalue weighted by atomic mass is 28.3. The van der Waals surface area contributed by atoms with Crippen LogP contribution in [0.2, 0.25) is 22.7 Å². The maximum atomic E-state index is 5.80. The predicted octanol–water partition coefficient (Wildman–Crippen LogP) is 6.91. The molecule has 25 heavy (non-hydrogen) atoms. The monoisotopic (exact) mass is 370 g/mol. The molecule has 2 nitrogen and oxygen atoms in total. The summed E-state index contributed by atoms with van der Waals surface area (Å²) in [6, 6.07) is 1.42. The van der Waals surface area contributed by atoms with E-state index in [2.05, 4.69) is 41.5 Å². The van der Waals surface area contributed by atoms with Crippen LogP contribution < -0.4 is 0 Å². The second-order valence-corrected chi connectivity index (χ2v) is 15.8. The van der Waals surface area contributed by atoms with Crippen LogP contribution in [0, 0.1) is 11.3 Å². The molecule has 0 aromatic carbocycles. The third-order valence-electron chi connectivity index (χ3n) is 7.62. The van der Waals surface area contributed by atoms with Crippen molar-refractivity contribution in [3.05, 3.63) is 0 Å². The van der Waals surface area contributed by atoms with Crippen molar-refractivity contribution in [1.29, 1.82) is 0 Å². The van der Waals surface area contributed by atoms with Crippen molar-refractivity contribution in [2.24, 2.45) is 11.3 Å². The first-order chi connectivity index (χ1) is 11.8. The molecule has 0 amide bonds. The average Bonchev–Trinajstić information content (AvgIpc) is 2.55. The molecular weight excluding hydrogens is 324 g/mol. The topological polar surface area (TPSA) is 18.5 Å². The molecule has 0 saturated heterocycles. The summed E-state index contributed by atoms with van der Waals surface area (Å²) in [7, 11) is 2.39. The summed E-state index contributed by atoms with van der Waals surface area (Å²) < 4.78 is 11.6. The minimum Gasteiger partial charge on any atom is -0.384 e. The lowest BCUT2D eigenvalue weighted by molar-refractivity contribution is -0.0435. The molecule has 0 unspecified atom stereocenters. The molecule has 1 aliphatic rings. The molecule has 0 atom stereocenters. The molecule has 0 aromatic heterocycles. The van der Waals surface area contributed by atoms with E-state index in [1.54, 1.807) is 0 Å². The van der Waals surface area contributed by atoms with Crippen molar-refractivity contribution in [3.63, 3.8) is 0 Å². The zero-order valence-electron chi connectivity index (χ0n) is 18.5. The van der Waals surface area contributed by atoms with E-state index < -0.39 is 8.07 Å². The molecule has 3 heteroatoms. The Morgan fingerprint density at radius 2 is 1.24 bits per heavy atom. The van der Waals surface area contributed by atoms with Crippen LogP contribution in [0.1, 0.15) is 80.1 Å². The second kappa shape index (κ2) is 10.5. The van der Waals surface area contributed by atoms with Crippen molar-refractivity contribution in [3.8, 4) is 0 Å². The minimum atomic E-state index is -1.37. The quantitative estimate of drug-likeness (QED) is 0.368. The van der Waals surface area contributed by atoms with Crippen LogP contribution in [0.4, 0.5) is 0 Å². The Kier molecular flexibility index (Phi) is 9.70. The second-order valence-electron chi connectivity index (χ2n) is 9.64. The van der Waals surface area contributed by atoms with Crippen molar-refractivity contribution in [2.45, 2.75) is 103 Å². The van der Waals surface area contributed by atoms with Gasteiger partial charge in [0.1, 0.15) is 0 Å². The van der Waals surface area contributed by atoms with E-state index in [9.17, 15) is 0 Å². The fourth-order valence-electron chi connectivity index (χ4n) is 6.25. The minimum absolute atomic E-state index is 0.223. The van der Waals surface area contributed by atoms with Crippen LogP contribution in [-0.2, 0) is 9.47 Å². The molecule has 1 fully saturated rings. The Bertz CT molecular complexity index is 331. The zero-order valence-corrected chi connectivity index (χ0v) is 19.5. The van der Waals surface area contributed by atoms with Crippen LogP contribution in [0.5, 0.6) is 0 Å². The summed E-state index contributed by atoms with van der Waals surface area (Å²) in [6.07, 6.45) is 8.22. The van der Waals surface area contributed by atoms with Crippen LogP contribution in [0.15, 0.2) is 0 Å². The standard InChI is InChI=1S/C22H46O2Si/c1-18(2)25(19(3)4,20(5)6)15-14-22(16-23-7,17-24-8)21-12-10-9-11-13-21/h18-21H,9-17H2,1-8H3. The van der Waals surface area contributed by atoms with Crippen LogP contribution in [0.25, 0.3) is 0 Å². The first-order valence-electron chi connectivity index (χ1n) is 10.7. The van der Waals surface area contributed by atoms with Gasteiger partial charge >= 0.3 is 0 Å². The molecular formula is C22H46O2Si. The van der Waals surface area contributed by atoms with E-state index in [-0.39, 0.29) is 5.41 Å². The molecule has 0 N–H and O–H groups in total. The van der Waals surface area contributed by atoms with Gasteiger partial charge in [0, 0.05) is 19.6 Å². The highest BCUT2D eigenvalue weighted by Crippen LogP contribution is 2.50. The molecule has 150 valence electrons. The average molecular weight is 371 g/mol. The summed E-state index contributed by atoms with van der Waals surface area (Å²) >= 11 is 0. The smallest absolute Gasteiger partial charge is 0.0613 e. The first kappa shape index (κ1) is 23.2. The molecule has 0 aliphatic heterocycles. The highest BCUT2D eigenvalue weighted by molar-refractivity contribution is 6.83. The first-order valence-corrected chi connectivity index (χ1v) is 13.2. The third kappa shape index (κ3) is 5.32. The Labute approximate surface area is 159 Å². The normalized spacial score (nSPS) is 17.9. The SMILES string of the molecule is COCC(CC[Si](C(C)C)(C(C)C)C(C)C)(COC)C1CCCCC1. The number of hydrogen-bond donors (Lipinski definition) is 0. The van der Waals surface area contributed by atoms with Gasteiger partial charge in [-0.3, -0.25) is 0 Å². The molecule has 0 heterocycles. The van der Waals surface area contributed by atoms with Gasteiger partial charge in [0.15, 0.2) is 0 Å². The number of rotatable bonds is 11. The van der Waals surface area contributed by atoms with E-state index in [1.165, 1.54) is 44.6 Å². The predicted molar refractivity (Wildman–Crippen MR) is 113 cm³/mol. The van der Waals surface area contributed by atoms with Gasteiger partial charge in [-0.1, -0.05) is 83.5 Å². The molecule has 1 saturated carbocycles. The largest absolute Gasteiger partial charge is 0.384 e. The van der Waals surface area contributed by atoms with Crippen molar-refractivity contribution in [1.82, 2.24) is 0 Å². The Morgan fingerprint density at radius 3 is 1.60 bits per heavy atom. The van der Waals surface area contributed by atoms with Gasteiger partial charge < -0.3 is 9.47 Å². The van der Waals surface area contributed by atoms with Crippen molar-refractivity contribution in [2.75, 3.05) is 27.4 Å². The molecule has 0 radical (unpaired) electrons. The van der Waals surface area contributed by atoms with E-state index in [1.807, 2.05) is 14.2 Å². The summed E-state index contributed by atoms with van der Waals surface area (Å²) in [5.74, 6) is 0.777. The van der Waals surface area contributed by atoms with Gasteiger partial charge in [-0.25, -0.2) is 0 Å². The van der Waals surface area contributed by atoms with Gasteiger partial charge in [-0.2, -0.15) is 0 Å². The molecule has 0 aromatic rings. The van der Waals surface area contributed by atoms with Gasteiger partial charge in [0.2, 0.25) is 0 Å². The van der Waals surface area contributed by atoms with Crippen molar-refractivity contribution < 1.29 is 9.47 Å².